The van der Waals surface area contributed by atoms with E-state index < -0.39 is 5.97 Å². The second-order valence-corrected chi connectivity index (χ2v) is 4.76. The highest BCUT2D eigenvalue weighted by Crippen LogP contribution is 2.31. The second kappa shape index (κ2) is 6.50. The van der Waals surface area contributed by atoms with E-state index in [4.69, 9.17) is 4.74 Å². The molecule has 0 unspecified atom stereocenters. The summed E-state index contributed by atoms with van der Waals surface area (Å²) in [6.07, 6.45) is 0. The van der Waals surface area contributed by atoms with Crippen LogP contribution in [0.15, 0.2) is 30.3 Å². The third kappa shape index (κ3) is 2.95. The van der Waals surface area contributed by atoms with Crippen LogP contribution < -0.4 is 0 Å². The molecule has 1 heterocycles. The van der Waals surface area contributed by atoms with E-state index >= 15 is 0 Å². The van der Waals surface area contributed by atoms with Crippen molar-refractivity contribution in [3.63, 3.8) is 0 Å². The highest BCUT2D eigenvalue weighted by Gasteiger charge is 2.22. The summed E-state index contributed by atoms with van der Waals surface area (Å²) in [5.74, 6) is -0.406. The number of aliphatic hydroxyl groups excluding tert-OH is 1. The summed E-state index contributed by atoms with van der Waals surface area (Å²) in [5, 5.41) is 9.70. The molecule has 4 heteroatoms. The number of nitrogens with zero attached hydrogens (tertiary/aromatic N) is 1. The molecule has 110 valence electrons. The van der Waals surface area contributed by atoms with Gasteiger partial charge < -0.3 is 9.84 Å². The zero-order chi connectivity index (χ0) is 15.4. The van der Waals surface area contributed by atoms with Crippen LogP contribution in [0.3, 0.4) is 0 Å². The van der Waals surface area contributed by atoms with Gasteiger partial charge in [0, 0.05) is 16.8 Å². The number of aliphatic hydroxyl groups is 1. The molecular weight excluding hydrogens is 266 g/mol. The maximum atomic E-state index is 12.3. The van der Waals surface area contributed by atoms with Crippen molar-refractivity contribution in [3.8, 4) is 11.1 Å². The molecule has 0 radical (unpaired) electrons. The van der Waals surface area contributed by atoms with Crippen molar-refractivity contribution in [2.24, 2.45) is 0 Å². The lowest BCUT2D eigenvalue weighted by atomic mass is 9.93. The topological polar surface area (TPSA) is 59.4 Å². The number of ether oxygens (including phenoxy) is 1. The number of aromatic nitrogens is 1. The molecule has 0 saturated heterocycles. The van der Waals surface area contributed by atoms with Gasteiger partial charge in [-0.25, -0.2) is 4.79 Å². The average molecular weight is 285 g/mol. The van der Waals surface area contributed by atoms with Crippen molar-refractivity contribution in [1.82, 2.24) is 4.98 Å². The number of benzene rings is 1. The first-order valence-corrected chi connectivity index (χ1v) is 6.93. The lowest BCUT2D eigenvalue weighted by molar-refractivity contribution is 0.0525. The maximum Gasteiger partial charge on any atom is 0.340 e. The zero-order valence-corrected chi connectivity index (χ0v) is 12.5. The highest BCUT2D eigenvalue weighted by molar-refractivity contribution is 5.99. The summed E-state index contributed by atoms with van der Waals surface area (Å²) in [6, 6.07) is 9.53. The third-order valence-electron chi connectivity index (χ3n) is 3.39. The fraction of sp³-hybridized carbons (Fsp3) is 0.294. The van der Waals surface area contributed by atoms with E-state index in [0.29, 0.717) is 29.0 Å². The summed E-state index contributed by atoms with van der Waals surface area (Å²) in [7, 11) is 0. The van der Waals surface area contributed by atoms with Crippen LogP contribution >= 0.6 is 0 Å². The van der Waals surface area contributed by atoms with Gasteiger partial charge in [0.25, 0.3) is 0 Å². The zero-order valence-electron chi connectivity index (χ0n) is 12.5. The molecule has 1 aromatic heterocycles. The van der Waals surface area contributed by atoms with Crippen molar-refractivity contribution < 1.29 is 14.6 Å². The van der Waals surface area contributed by atoms with Crippen LogP contribution in [0.4, 0.5) is 0 Å². The number of hydrogen-bond acceptors (Lipinski definition) is 4. The largest absolute Gasteiger partial charge is 0.462 e. The van der Waals surface area contributed by atoms with Gasteiger partial charge in [-0.05, 0) is 26.3 Å². The number of carbonyl (C=O) groups excluding carboxylic acids is 1. The maximum absolute atomic E-state index is 12.3. The lowest BCUT2D eigenvalue weighted by Gasteiger charge is -2.17. The minimum atomic E-state index is -0.406. The van der Waals surface area contributed by atoms with Crippen molar-refractivity contribution in [1.29, 1.82) is 0 Å². The Morgan fingerprint density at radius 3 is 2.43 bits per heavy atom. The van der Waals surface area contributed by atoms with Gasteiger partial charge >= 0.3 is 5.97 Å². The van der Waals surface area contributed by atoms with Gasteiger partial charge in [-0.3, -0.25) is 4.98 Å². The molecule has 0 aliphatic rings. The quantitative estimate of drug-likeness (QED) is 0.877. The molecule has 0 amide bonds. The summed E-state index contributed by atoms with van der Waals surface area (Å²) >= 11 is 0. The van der Waals surface area contributed by atoms with E-state index in [1.165, 1.54) is 0 Å². The first-order chi connectivity index (χ1) is 10.1. The predicted octanol–water partition coefficient (Wildman–Crippen LogP) is 3.03. The average Bonchev–Trinajstić information content (AvgIpc) is 2.47. The van der Waals surface area contributed by atoms with Crippen molar-refractivity contribution in [3.05, 3.63) is 52.8 Å². The fourth-order valence-electron chi connectivity index (χ4n) is 2.46. The van der Waals surface area contributed by atoms with Crippen LogP contribution in [0.1, 0.15) is 34.2 Å². The van der Waals surface area contributed by atoms with Gasteiger partial charge in [-0.15, -0.1) is 0 Å². The molecule has 0 spiro atoms. The summed E-state index contributed by atoms with van der Waals surface area (Å²) in [5.41, 5.74) is 4.01. The Kier molecular flexibility index (Phi) is 4.70. The smallest absolute Gasteiger partial charge is 0.340 e. The van der Waals surface area contributed by atoms with Gasteiger partial charge in [0.1, 0.15) is 0 Å². The van der Waals surface area contributed by atoms with E-state index in [1.54, 1.807) is 13.8 Å². The third-order valence-corrected chi connectivity index (χ3v) is 3.39. The van der Waals surface area contributed by atoms with Gasteiger partial charge in [-0.1, -0.05) is 30.3 Å². The SMILES string of the molecule is CCOC(=O)c1c(C)nc(C)c(CO)c1-c1ccccc1. The van der Waals surface area contributed by atoms with E-state index in [-0.39, 0.29) is 6.61 Å². The predicted molar refractivity (Wildman–Crippen MR) is 81.0 cm³/mol. The molecule has 0 aliphatic carbocycles. The minimum Gasteiger partial charge on any atom is -0.462 e. The van der Waals surface area contributed by atoms with E-state index in [1.807, 2.05) is 37.3 Å². The van der Waals surface area contributed by atoms with Gasteiger partial charge in [0.15, 0.2) is 0 Å². The van der Waals surface area contributed by atoms with Gasteiger partial charge in [-0.2, -0.15) is 0 Å². The fourth-order valence-corrected chi connectivity index (χ4v) is 2.46. The second-order valence-electron chi connectivity index (χ2n) is 4.76. The standard InChI is InChI=1S/C17H19NO3/c1-4-21-17(20)15-12(3)18-11(2)14(10-19)16(15)13-8-6-5-7-9-13/h5-9,19H,4,10H2,1-3H3. The molecule has 2 aromatic rings. The van der Waals surface area contributed by atoms with Crippen LogP contribution in [0.25, 0.3) is 11.1 Å². The molecule has 0 atom stereocenters. The number of esters is 1. The summed E-state index contributed by atoms with van der Waals surface area (Å²) < 4.78 is 5.15. The molecule has 4 nitrogen and oxygen atoms in total. The monoisotopic (exact) mass is 285 g/mol. The van der Waals surface area contributed by atoms with Crippen molar-refractivity contribution >= 4 is 5.97 Å². The Hall–Kier alpha value is -2.20. The molecule has 0 fully saturated rings. The molecule has 0 aliphatic heterocycles. The Morgan fingerprint density at radius 2 is 1.86 bits per heavy atom. The minimum absolute atomic E-state index is 0.171. The normalized spacial score (nSPS) is 10.5. The first-order valence-electron chi connectivity index (χ1n) is 6.93. The molecule has 1 N–H and O–H groups in total. The summed E-state index contributed by atoms with van der Waals surface area (Å²) in [4.78, 5) is 16.7. The van der Waals surface area contributed by atoms with Crippen LogP contribution in [0.5, 0.6) is 0 Å². The number of rotatable bonds is 4. The Morgan fingerprint density at radius 1 is 1.19 bits per heavy atom. The van der Waals surface area contributed by atoms with Crippen LogP contribution in [0.2, 0.25) is 0 Å². The number of pyridine rings is 1. The number of hydrogen-bond donors (Lipinski definition) is 1. The lowest BCUT2D eigenvalue weighted by Crippen LogP contribution is -2.13. The van der Waals surface area contributed by atoms with Crippen LogP contribution in [-0.4, -0.2) is 22.7 Å². The van der Waals surface area contributed by atoms with Crippen molar-refractivity contribution in [2.45, 2.75) is 27.4 Å². The van der Waals surface area contributed by atoms with Crippen LogP contribution in [0, 0.1) is 13.8 Å². The Labute approximate surface area is 124 Å². The Balaban J connectivity index is 2.77. The first kappa shape index (κ1) is 15.2. The van der Waals surface area contributed by atoms with Gasteiger partial charge in [0.2, 0.25) is 0 Å². The van der Waals surface area contributed by atoms with E-state index in [0.717, 1.165) is 11.3 Å². The molecule has 1 aromatic carbocycles. The Bertz CT molecular complexity index is 651. The van der Waals surface area contributed by atoms with E-state index in [2.05, 4.69) is 4.98 Å². The molecule has 2 rings (SSSR count). The molecule has 0 bridgehead atoms. The molecule has 0 saturated carbocycles. The number of carbonyl (C=O) groups is 1. The van der Waals surface area contributed by atoms with E-state index in [9.17, 15) is 9.90 Å². The molecule has 21 heavy (non-hydrogen) atoms. The highest BCUT2D eigenvalue weighted by atomic mass is 16.5. The van der Waals surface area contributed by atoms with Crippen LogP contribution in [-0.2, 0) is 11.3 Å². The van der Waals surface area contributed by atoms with Crippen molar-refractivity contribution in [2.75, 3.05) is 6.61 Å². The van der Waals surface area contributed by atoms with Gasteiger partial charge in [0.05, 0.1) is 24.5 Å². The molecular formula is C17H19NO3. The summed E-state index contributed by atoms with van der Waals surface area (Å²) in [6.45, 7) is 5.52. The number of aryl methyl sites for hydroxylation is 2.